The number of halogens is 1. The quantitative estimate of drug-likeness (QED) is 0.683. The number of thiazole rings is 1. The van der Waals surface area contributed by atoms with E-state index in [-0.39, 0.29) is 0 Å². The van der Waals surface area contributed by atoms with E-state index in [1.54, 1.807) is 18.4 Å². The molecule has 0 saturated heterocycles. The molecule has 0 aliphatic heterocycles. The fraction of sp³-hybridized carbons (Fsp3) is 0.0625. The molecule has 0 atom stereocenters. The lowest BCUT2D eigenvalue weighted by molar-refractivity contribution is 0.415. The topological polar surface area (TPSA) is 34.1 Å². The van der Waals surface area contributed by atoms with Crippen LogP contribution in [0.3, 0.4) is 0 Å². The third kappa shape index (κ3) is 3.43. The SMILES string of the molecule is COc1ccc(-c2csc(Nc3ccc(Br)cc3)n2)cc1. The molecule has 0 amide bonds. The van der Waals surface area contributed by atoms with E-state index < -0.39 is 0 Å². The zero-order valence-electron chi connectivity index (χ0n) is 11.3. The maximum atomic E-state index is 5.16. The predicted octanol–water partition coefficient (Wildman–Crippen LogP) is 5.32. The second kappa shape index (κ2) is 6.28. The van der Waals surface area contributed by atoms with Gasteiger partial charge in [0, 0.05) is 21.1 Å². The predicted molar refractivity (Wildman–Crippen MR) is 91.5 cm³/mol. The van der Waals surface area contributed by atoms with Crippen molar-refractivity contribution in [2.24, 2.45) is 0 Å². The Kier molecular flexibility index (Phi) is 4.22. The molecular formula is C16H13BrN2OS. The summed E-state index contributed by atoms with van der Waals surface area (Å²) in [6, 6.07) is 15.9. The Morgan fingerprint density at radius 2 is 1.76 bits per heavy atom. The number of hydrogen-bond acceptors (Lipinski definition) is 4. The van der Waals surface area contributed by atoms with Crippen LogP contribution >= 0.6 is 27.3 Å². The fourth-order valence-electron chi connectivity index (χ4n) is 1.88. The summed E-state index contributed by atoms with van der Waals surface area (Å²) >= 11 is 5.01. The smallest absolute Gasteiger partial charge is 0.187 e. The molecule has 1 heterocycles. The van der Waals surface area contributed by atoms with Gasteiger partial charge in [0.05, 0.1) is 12.8 Å². The van der Waals surface area contributed by atoms with Crippen LogP contribution in [0.15, 0.2) is 58.4 Å². The minimum atomic E-state index is 0.849. The van der Waals surface area contributed by atoms with Crippen LogP contribution in [-0.4, -0.2) is 12.1 Å². The Hall–Kier alpha value is -1.85. The van der Waals surface area contributed by atoms with E-state index in [0.29, 0.717) is 0 Å². The molecule has 1 N–H and O–H groups in total. The zero-order chi connectivity index (χ0) is 14.7. The molecular weight excluding hydrogens is 348 g/mol. The Labute approximate surface area is 135 Å². The van der Waals surface area contributed by atoms with Gasteiger partial charge in [0.2, 0.25) is 0 Å². The van der Waals surface area contributed by atoms with Crippen LogP contribution in [0, 0.1) is 0 Å². The average molecular weight is 361 g/mol. The van der Waals surface area contributed by atoms with Crippen LogP contribution in [0.5, 0.6) is 5.75 Å². The third-order valence-corrected chi connectivity index (χ3v) is 4.27. The van der Waals surface area contributed by atoms with E-state index in [0.717, 1.165) is 32.3 Å². The molecule has 3 aromatic rings. The molecule has 2 aromatic carbocycles. The summed E-state index contributed by atoms with van der Waals surface area (Å²) in [6.07, 6.45) is 0. The molecule has 0 saturated carbocycles. The highest BCUT2D eigenvalue weighted by molar-refractivity contribution is 9.10. The number of methoxy groups -OCH3 is 1. The van der Waals surface area contributed by atoms with Gasteiger partial charge in [0.25, 0.3) is 0 Å². The van der Waals surface area contributed by atoms with Gasteiger partial charge < -0.3 is 10.1 Å². The zero-order valence-corrected chi connectivity index (χ0v) is 13.7. The van der Waals surface area contributed by atoms with Crippen molar-refractivity contribution in [2.45, 2.75) is 0 Å². The summed E-state index contributed by atoms with van der Waals surface area (Å²) in [6.45, 7) is 0. The van der Waals surface area contributed by atoms with Crippen molar-refractivity contribution in [2.75, 3.05) is 12.4 Å². The summed E-state index contributed by atoms with van der Waals surface area (Å²) in [4.78, 5) is 4.61. The van der Waals surface area contributed by atoms with E-state index in [1.807, 2.05) is 53.9 Å². The van der Waals surface area contributed by atoms with E-state index >= 15 is 0 Å². The first-order valence-corrected chi connectivity index (χ1v) is 8.04. The van der Waals surface area contributed by atoms with Gasteiger partial charge in [-0.15, -0.1) is 11.3 Å². The molecule has 5 heteroatoms. The van der Waals surface area contributed by atoms with E-state index in [4.69, 9.17) is 4.74 Å². The fourth-order valence-corrected chi connectivity index (χ4v) is 2.89. The van der Waals surface area contributed by atoms with Crippen LogP contribution < -0.4 is 10.1 Å². The summed E-state index contributed by atoms with van der Waals surface area (Å²) in [7, 11) is 1.66. The van der Waals surface area contributed by atoms with E-state index in [2.05, 4.69) is 26.2 Å². The first-order valence-electron chi connectivity index (χ1n) is 6.37. The van der Waals surface area contributed by atoms with Gasteiger partial charge in [-0.2, -0.15) is 0 Å². The molecule has 3 rings (SSSR count). The van der Waals surface area contributed by atoms with Crippen molar-refractivity contribution in [1.29, 1.82) is 0 Å². The Bertz CT molecular complexity index is 723. The maximum Gasteiger partial charge on any atom is 0.187 e. The molecule has 0 bridgehead atoms. The number of nitrogens with zero attached hydrogens (tertiary/aromatic N) is 1. The number of ether oxygens (including phenoxy) is 1. The van der Waals surface area contributed by atoms with Gasteiger partial charge in [0.15, 0.2) is 5.13 Å². The Morgan fingerprint density at radius 3 is 2.43 bits per heavy atom. The average Bonchev–Trinajstić information content (AvgIpc) is 2.98. The number of rotatable bonds is 4. The maximum absolute atomic E-state index is 5.16. The van der Waals surface area contributed by atoms with E-state index in [9.17, 15) is 0 Å². The summed E-state index contributed by atoms with van der Waals surface area (Å²) in [5.41, 5.74) is 3.06. The van der Waals surface area contributed by atoms with Crippen molar-refractivity contribution >= 4 is 38.1 Å². The van der Waals surface area contributed by atoms with Gasteiger partial charge in [-0.25, -0.2) is 4.98 Å². The van der Waals surface area contributed by atoms with Gasteiger partial charge in [0.1, 0.15) is 5.75 Å². The largest absolute Gasteiger partial charge is 0.497 e. The molecule has 106 valence electrons. The lowest BCUT2D eigenvalue weighted by atomic mass is 10.2. The molecule has 0 spiro atoms. The standard InChI is InChI=1S/C16H13BrN2OS/c1-20-14-8-2-11(3-9-14)15-10-21-16(19-15)18-13-6-4-12(17)5-7-13/h2-10H,1H3,(H,18,19). The van der Waals surface area contributed by atoms with Crippen LogP contribution in [0.2, 0.25) is 0 Å². The molecule has 0 radical (unpaired) electrons. The number of hydrogen-bond donors (Lipinski definition) is 1. The summed E-state index contributed by atoms with van der Waals surface area (Å²) < 4.78 is 6.23. The lowest BCUT2D eigenvalue weighted by Gasteiger charge is -2.02. The third-order valence-electron chi connectivity index (χ3n) is 2.99. The monoisotopic (exact) mass is 360 g/mol. The molecule has 1 aromatic heterocycles. The van der Waals surface area contributed by atoms with Crippen molar-refractivity contribution < 1.29 is 4.74 Å². The minimum Gasteiger partial charge on any atom is -0.497 e. The lowest BCUT2D eigenvalue weighted by Crippen LogP contribution is -1.89. The van der Waals surface area contributed by atoms with Gasteiger partial charge in [-0.1, -0.05) is 15.9 Å². The molecule has 21 heavy (non-hydrogen) atoms. The van der Waals surface area contributed by atoms with Gasteiger partial charge in [-0.3, -0.25) is 0 Å². The van der Waals surface area contributed by atoms with Crippen LogP contribution in [0.25, 0.3) is 11.3 Å². The normalized spacial score (nSPS) is 10.4. The summed E-state index contributed by atoms with van der Waals surface area (Å²) in [5.74, 6) is 0.849. The minimum absolute atomic E-state index is 0.849. The molecule has 0 fully saturated rings. The van der Waals surface area contributed by atoms with E-state index in [1.165, 1.54) is 0 Å². The summed E-state index contributed by atoms with van der Waals surface area (Å²) in [5, 5.41) is 6.23. The van der Waals surface area contributed by atoms with Crippen molar-refractivity contribution in [3.05, 3.63) is 58.4 Å². The van der Waals surface area contributed by atoms with Crippen molar-refractivity contribution in [3.63, 3.8) is 0 Å². The van der Waals surface area contributed by atoms with Gasteiger partial charge in [-0.05, 0) is 48.5 Å². The van der Waals surface area contributed by atoms with Crippen molar-refractivity contribution in [3.8, 4) is 17.0 Å². The van der Waals surface area contributed by atoms with Crippen LogP contribution in [-0.2, 0) is 0 Å². The Morgan fingerprint density at radius 1 is 1.05 bits per heavy atom. The van der Waals surface area contributed by atoms with Gasteiger partial charge >= 0.3 is 0 Å². The highest BCUT2D eigenvalue weighted by atomic mass is 79.9. The number of benzene rings is 2. The van der Waals surface area contributed by atoms with Crippen molar-refractivity contribution in [1.82, 2.24) is 4.98 Å². The number of anilines is 2. The highest BCUT2D eigenvalue weighted by Gasteiger charge is 2.05. The second-order valence-electron chi connectivity index (χ2n) is 4.40. The van der Waals surface area contributed by atoms with Crippen LogP contribution in [0.4, 0.5) is 10.8 Å². The highest BCUT2D eigenvalue weighted by Crippen LogP contribution is 2.28. The van der Waals surface area contributed by atoms with Crippen LogP contribution in [0.1, 0.15) is 0 Å². The number of nitrogens with one attached hydrogen (secondary N) is 1. The second-order valence-corrected chi connectivity index (χ2v) is 6.17. The first-order chi connectivity index (χ1) is 10.2. The number of aromatic nitrogens is 1. The molecule has 0 aliphatic carbocycles. The first kappa shape index (κ1) is 14.1. The molecule has 0 aliphatic rings. The molecule has 3 nitrogen and oxygen atoms in total. The Balaban J connectivity index is 1.77. The molecule has 0 unspecified atom stereocenters.